The van der Waals surface area contributed by atoms with Crippen molar-refractivity contribution in [3.63, 3.8) is 0 Å². The number of amides is 3. The fourth-order valence-electron chi connectivity index (χ4n) is 4.78. The molecule has 4 rings (SSSR count). The summed E-state index contributed by atoms with van der Waals surface area (Å²) in [5, 5.41) is 3.72. The molecule has 0 spiro atoms. The number of anilines is 1. The van der Waals surface area contributed by atoms with Crippen LogP contribution < -0.4 is 10.2 Å². The van der Waals surface area contributed by atoms with E-state index < -0.39 is 17.2 Å². The van der Waals surface area contributed by atoms with Crippen LogP contribution in [0, 0.1) is 5.82 Å². The molecule has 3 aromatic rings. The molecule has 8 nitrogen and oxygen atoms in total. The SMILES string of the molecule is CCOC(=O)C1=CN(C(=O)c2ccc(F)cc2)CC(C)(C)c2c1[nH]c1ccc(N(C)C(=O)NC(C)C)cc21. The minimum absolute atomic E-state index is 0.0157. The van der Waals surface area contributed by atoms with Crippen molar-refractivity contribution in [1.29, 1.82) is 0 Å². The van der Waals surface area contributed by atoms with Gasteiger partial charge in [0.1, 0.15) is 5.82 Å². The highest BCUT2D eigenvalue weighted by atomic mass is 19.1. The Bertz CT molecular complexity index is 1420. The van der Waals surface area contributed by atoms with Gasteiger partial charge in [0, 0.05) is 53.4 Å². The molecule has 0 aliphatic carbocycles. The Morgan fingerprint density at radius 3 is 2.47 bits per heavy atom. The number of aromatic amines is 1. The lowest BCUT2D eigenvalue weighted by atomic mass is 9.81. The van der Waals surface area contributed by atoms with Crippen molar-refractivity contribution in [2.75, 3.05) is 25.1 Å². The number of nitrogens with zero attached hydrogens (tertiary/aromatic N) is 2. The highest BCUT2D eigenvalue weighted by Crippen LogP contribution is 2.41. The van der Waals surface area contributed by atoms with Crippen LogP contribution >= 0.6 is 0 Å². The van der Waals surface area contributed by atoms with E-state index in [1.807, 2.05) is 45.9 Å². The van der Waals surface area contributed by atoms with Crippen LogP contribution in [0.25, 0.3) is 16.5 Å². The Morgan fingerprint density at radius 2 is 1.84 bits per heavy atom. The zero-order valence-electron chi connectivity index (χ0n) is 22.5. The number of fused-ring (bicyclic) bond motifs is 3. The molecule has 2 aromatic carbocycles. The second-order valence-corrected chi connectivity index (χ2v) is 10.4. The number of carbonyl (C=O) groups excluding carboxylic acids is 3. The number of urea groups is 1. The van der Waals surface area contributed by atoms with E-state index in [0.717, 1.165) is 16.5 Å². The minimum Gasteiger partial charge on any atom is -0.462 e. The summed E-state index contributed by atoms with van der Waals surface area (Å²) in [7, 11) is 1.70. The number of rotatable bonds is 5. The molecule has 2 heterocycles. The standard InChI is InChI=1S/C29H33FN4O4/c1-7-38-27(36)22-15-34(26(35)18-8-10-19(30)11-9-18)16-29(4,5)24-21-14-20(12-13-23(21)32-25(22)24)33(6)28(37)31-17(2)3/h8-15,17,32H,7,16H2,1-6H3,(H,31,37). The van der Waals surface area contributed by atoms with Gasteiger partial charge >= 0.3 is 12.0 Å². The summed E-state index contributed by atoms with van der Waals surface area (Å²) < 4.78 is 18.9. The van der Waals surface area contributed by atoms with Crippen molar-refractivity contribution in [2.45, 2.75) is 46.1 Å². The maximum atomic E-state index is 13.5. The van der Waals surface area contributed by atoms with Gasteiger partial charge in [-0.25, -0.2) is 14.0 Å². The molecular weight excluding hydrogens is 487 g/mol. The molecule has 1 aliphatic heterocycles. The average molecular weight is 521 g/mol. The largest absolute Gasteiger partial charge is 0.462 e. The summed E-state index contributed by atoms with van der Waals surface area (Å²) in [6.07, 6.45) is 1.51. The molecule has 0 saturated carbocycles. The Balaban J connectivity index is 1.85. The van der Waals surface area contributed by atoms with Crippen LogP contribution in [0.1, 0.15) is 56.2 Å². The van der Waals surface area contributed by atoms with Crippen LogP contribution in [0.5, 0.6) is 0 Å². The normalized spacial score (nSPS) is 14.5. The lowest BCUT2D eigenvalue weighted by molar-refractivity contribution is -0.136. The van der Waals surface area contributed by atoms with Crippen molar-refractivity contribution in [1.82, 2.24) is 15.2 Å². The van der Waals surface area contributed by atoms with Gasteiger partial charge in [-0.3, -0.25) is 9.69 Å². The van der Waals surface area contributed by atoms with E-state index in [0.29, 0.717) is 16.9 Å². The molecule has 9 heteroatoms. The number of hydrogen-bond donors (Lipinski definition) is 2. The summed E-state index contributed by atoms with van der Waals surface area (Å²) in [6, 6.07) is 10.7. The van der Waals surface area contributed by atoms with E-state index in [-0.39, 0.29) is 36.7 Å². The van der Waals surface area contributed by atoms with Crippen molar-refractivity contribution < 1.29 is 23.5 Å². The Kier molecular flexibility index (Phi) is 7.31. The van der Waals surface area contributed by atoms with Crippen LogP contribution in [0.4, 0.5) is 14.9 Å². The molecule has 0 saturated heterocycles. The van der Waals surface area contributed by atoms with Crippen molar-refractivity contribution >= 4 is 40.1 Å². The topological polar surface area (TPSA) is 94.7 Å². The first-order valence-electron chi connectivity index (χ1n) is 12.6. The first-order chi connectivity index (χ1) is 17.9. The number of halogens is 1. The first kappa shape index (κ1) is 26.9. The summed E-state index contributed by atoms with van der Waals surface area (Å²) in [6.45, 7) is 9.91. The highest BCUT2D eigenvalue weighted by Gasteiger charge is 2.37. The van der Waals surface area contributed by atoms with Gasteiger partial charge < -0.3 is 19.9 Å². The smallest absolute Gasteiger partial charge is 0.341 e. The lowest BCUT2D eigenvalue weighted by Gasteiger charge is -2.30. The molecule has 2 N–H and O–H groups in total. The lowest BCUT2D eigenvalue weighted by Crippen LogP contribution is -2.40. The van der Waals surface area contributed by atoms with Crippen molar-refractivity contribution in [2.24, 2.45) is 0 Å². The van der Waals surface area contributed by atoms with E-state index in [9.17, 15) is 18.8 Å². The molecule has 38 heavy (non-hydrogen) atoms. The van der Waals surface area contributed by atoms with Crippen LogP contribution in [0.3, 0.4) is 0 Å². The van der Waals surface area contributed by atoms with Crippen LogP contribution in [0.15, 0.2) is 48.7 Å². The number of benzene rings is 2. The molecule has 1 aromatic heterocycles. The molecule has 3 amide bonds. The quantitative estimate of drug-likeness (QED) is 0.452. The van der Waals surface area contributed by atoms with E-state index in [4.69, 9.17) is 4.74 Å². The third-order valence-corrected chi connectivity index (χ3v) is 6.53. The fraction of sp³-hybridized carbons (Fsp3) is 0.345. The molecule has 0 fully saturated rings. The van der Waals surface area contributed by atoms with Gasteiger partial charge in [-0.05, 0) is 68.8 Å². The van der Waals surface area contributed by atoms with Gasteiger partial charge in [0.2, 0.25) is 0 Å². The van der Waals surface area contributed by atoms with Gasteiger partial charge in [0.05, 0.1) is 17.9 Å². The third-order valence-electron chi connectivity index (χ3n) is 6.53. The summed E-state index contributed by atoms with van der Waals surface area (Å²) in [5.74, 6) is -1.37. The van der Waals surface area contributed by atoms with Gasteiger partial charge in [-0.2, -0.15) is 0 Å². The van der Waals surface area contributed by atoms with Gasteiger partial charge in [-0.1, -0.05) is 13.8 Å². The summed E-state index contributed by atoms with van der Waals surface area (Å²) >= 11 is 0. The number of H-pyrrole nitrogens is 1. The summed E-state index contributed by atoms with van der Waals surface area (Å²) in [4.78, 5) is 45.7. The van der Waals surface area contributed by atoms with Gasteiger partial charge in [-0.15, -0.1) is 0 Å². The number of nitrogens with one attached hydrogen (secondary N) is 2. The Hall–Kier alpha value is -4.14. The number of ether oxygens (including phenoxy) is 1. The fourth-order valence-corrected chi connectivity index (χ4v) is 4.78. The molecule has 1 aliphatic rings. The molecule has 0 radical (unpaired) electrons. The van der Waals surface area contributed by atoms with Crippen LogP contribution in [0.2, 0.25) is 0 Å². The van der Waals surface area contributed by atoms with E-state index in [2.05, 4.69) is 10.3 Å². The highest BCUT2D eigenvalue weighted by molar-refractivity contribution is 6.18. The van der Waals surface area contributed by atoms with E-state index >= 15 is 0 Å². The molecule has 200 valence electrons. The second-order valence-electron chi connectivity index (χ2n) is 10.4. The third kappa shape index (κ3) is 5.14. The molecule has 0 atom stereocenters. The monoisotopic (exact) mass is 520 g/mol. The zero-order chi connectivity index (χ0) is 27.8. The molecule has 0 unspecified atom stereocenters. The molecular formula is C29H33FN4O4. The van der Waals surface area contributed by atoms with Crippen LogP contribution in [-0.2, 0) is 14.9 Å². The average Bonchev–Trinajstić information content (AvgIpc) is 3.19. The predicted molar refractivity (Wildman–Crippen MR) is 145 cm³/mol. The Labute approximate surface area is 221 Å². The van der Waals surface area contributed by atoms with Gasteiger partial charge in [0.25, 0.3) is 5.91 Å². The van der Waals surface area contributed by atoms with Crippen LogP contribution in [-0.4, -0.2) is 54.0 Å². The number of hydrogen-bond acceptors (Lipinski definition) is 4. The Morgan fingerprint density at radius 1 is 1.16 bits per heavy atom. The first-order valence-corrected chi connectivity index (χ1v) is 12.6. The molecule has 0 bridgehead atoms. The van der Waals surface area contributed by atoms with E-state index in [1.54, 1.807) is 14.0 Å². The van der Waals surface area contributed by atoms with Gasteiger partial charge in [0.15, 0.2) is 0 Å². The minimum atomic E-state index is -0.620. The number of esters is 1. The van der Waals surface area contributed by atoms with Crippen molar-refractivity contribution in [3.8, 4) is 0 Å². The maximum Gasteiger partial charge on any atom is 0.341 e. The summed E-state index contributed by atoms with van der Waals surface area (Å²) in [5.41, 5.74) is 2.76. The zero-order valence-corrected chi connectivity index (χ0v) is 22.5. The predicted octanol–water partition coefficient (Wildman–Crippen LogP) is 5.20. The van der Waals surface area contributed by atoms with E-state index in [1.165, 1.54) is 40.3 Å². The second kappa shape index (κ2) is 10.3. The number of carbonyl (C=O) groups is 3. The van der Waals surface area contributed by atoms with Crippen molar-refractivity contribution in [3.05, 3.63) is 71.3 Å². The number of aromatic nitrogens is 1. The maximum absolute atomic E-state index is 13.5.